The van der Waals surface area contributed by atoms with Gasteiger partial charge in [0.2, 0.25) is 11.8 Å². The Morgan fingerprint density at radius 3 is 2.44 bits per heavy atom. The Labute approximate surface area is 96.4 Å². The van der Waals surface area contributed by atoms with Crippen LogP contribution in [0.4, 0.5) is 0 Å². The average molecular weight is 224 g/mol. The summed E-state index contributed by atoms with van der Waals surface area (Å²) >= 11 is 0. The van der Waals surface area contributed by atoms with Gasteiger partial charge in [-0.25, -0.2) is 0 Å². The third kappa shape index (κ3) is 2.36. The normalized spacial score (nSPS) is 30.8. The van der Waals surface area contributed by atoms with Crippen LogP contribution in [0, 0.1) is 17.8 Å². The second-order valence-electron chi connectivity index (χ2n) is 5.07. The van der Waals surface area contributed by atoms with Gasteiger partial charge in [0.25, 0.3) is 0 Å². The van der Waals surface area contributed by atoms with E-state index >= 15 is 0 Å². The molecule has 2 amide bonds. The predicted octanol–water partition coefficient (Wildman–Crippen LogP) is 0.627. The standard InChI is InChI=1S/C12H20N2O2/c1-3-13-11(15)7-14(2)12(16)10-5-8-4-9(8)6-10/h8-10H,3-7H2,1-2H3,(H,13,15). The fraction of sp³-hybridized carbons (Fsp3) is 0.833. The second-order valence-corrected chi connectivity index (χ2v) is 5.07. The number of fused-ring (bicyclic) bond motifs is 1. The molecule has 0 aliphatic heterocycles. The van der Waals surface area contributed by atoms with E-state index in [1.807, 2.05) is 6.92 Å². The number of carbonyl (C=O) groups is 2. The average Bonchev–Trinajstić information content (AvgIpc) is 2.85. The van der Waals surface area contributed by atoms with Crippen molar-refractivity contribution in [2.75, 3.05) is 20.1 Å². The van der Waals surface area contributed by atoms with E-state index in [9.17, 15) is 9.59 Å². The van der Waals surface area contributed by atoms with Crippen LogP contribution in [0.25, 0.3) is 0 Å². The van der Waals surface area contributed by atoms with Crippen LogP contribution in [0.3, 0.4) is 0 Å². The summed E-state index contributed by atoms with van der Waals surface area (Å²) in [6, 6.07) is 0. The minimum atomic E-state index is -0.0680. The molecule has 2 fully saturated rings. The molecule has 0 bridgehead atoms. The molecule has 2 unspecified atom stereocenters. The van der Waals surface area contributed by atoms with Crippen LogP contribution in [0.1, 0.15) is 26.2 Å². The molecule has 1 N–H and O–H groups in total. The molecule has 0 radical (unpaired) electrons. The van der Waals surface area contributed by atoms with Crippen LogP contribution >= 0.6 is 0 Å². The third-order valence-electron chi connectivity index (χ3n) is 3.72. The van der Waals surface area contributed by atoms with E-state index in [-0.39, 0.29) is 24.3 Å². The predicted molar refractivity (Wildman–Crippen MR) is 60.6 cm³/mol. The Hall–Kier alpha value is -1.06. The number of rotatable bonds is 4. The fourth-order valence-electron chi connectivity index (χ4n) is 2.77. The second kappa shape index (κ2) is 4.44. The minimum Gasteiger partial charge on any atom is -0.355 e. The SMILES string of the molecule is CCNC(=O)CN(C)C(=O)C1CC2CC2C1. The maximum absolute atomic E-state index is 12.0. The number of likely N-dealkylation sites (N-methyl/N-ethyl adjacent to an activating group) is 2. The molecule has 4 nitrogen and oxygen atoms in total. The molecule has 0 aromatic carbocycles. The number of amides is 2. The number of hydrogen-bond donors (Lipinski definition) is 1. The monoisotopic (exact) mass is 224 g/mol. The molecule has 2 atom stereocenters. The van der Waals surface area contributed by atoms with Gasteiger partial charge in [-0.3, -0.25) is 9.59 Å². The molecule has 0 heterocycles. The van der Waals surface area contributed by atoms with Crippen LogP contribution in [-0.2, 0) is 9.59 Å². The summed E-state index contributed by atoms with van der Waals surface area (Å²) in [4.78, 5) is 24.9. The van der Waals surface area contributed by atoms with Crippen molar-refractivity contribution in [3.8, 4) is 0 Å². The first-order chi connectivity index (χ1) is 7.61. The zero-order valence-electron chi connectivity index (χ0n) is 10.0. The Morgan fingerprint density at radius 1 is 1.25 bits per heavy atom. The van der Waals surface area contributed by atoms with Crippen molar-refractivity contribution in [2.45, 2.75) is 26.2 Å². The molecule has 90 valence electrons. The van der Waals surface area contributed by atoms with Gasteiger partial charge in [0.15, 0.2) is 0 Å². The summed E-state index contributed by atoms with van der Waals surface area (Å²) in [5, 5.41) is 2.71. The van der Waals surface area contributed by atoms with Crippen molar-refractivity contribution in [2.24, 2.45) is 17.8 Å². The van der Waals surface area contributed by atoms with Crippen LogP contribution in [0.2, 0.25) is 0 Å². The topological polar surface area (TPSA) is 49.4 Å². The molecular weight excluding hydrogens is 204 g/mol. The highest BCUT2D eigenvalue weighted by molar-refractivity contribution is 5.85. The van der Waals surface area contributed by atoms with E-state index in [0.29, 0.717) is 6.54 Å². The molecular formula is C12H20N2O2. The van der Waals surface area contributed by atoms with Gasteiger partial charge in [0, 0.05) is 19.5 Å². The van der Waals surface area contributed by atoms with Crippen molar-refractivity contribution < 1.29 is 9.59 Å². The first-order valence-electron chi connectivity index (χ1n) is 6.13. The zero-order chi connectivity index (χ0) is 11.7. The molecule has 2 aliphatic rings. The van der Waals surface area contributed by atoms with Crippen molar-refractivity contribution >= 4 is 11.8 Å². The quantitative estimate of drug-likeness (QED) is 0.761. The molecule has 2 aliphatic carbocycles. The van der Waals surface area contributed by atoms with Crippen molar-refractivity contribution in [3.63, 3.8) is 0 Å². The van der Waals surface area contributed by atoms with Crippen LogP contribution in [0.15, 0.2) is 0 Å². The summed E-state index contributed by atoms with van der Waals surface area (Å²) in [6.45, 7) is 2.69. The molecule has 2 saturated carbocycles. The van der Waals surface area contributed by atoms with Gasteiger partial charge < -0.3 is 10.2 Å². The Morgan fingerprint density at radius 2 is 1.88 bits per heavy atom. The first-order valence-corrected chi connectivity index (χ1v) is 6.13. The highest BCUT2D eigenvalue weighted by atomic mass is 16.2. The maximum Gasteiger partial charge on any atom is 0.239 e. The van der Waals surface area contributed by atoms with Gasteiger partial charge in [-0.1, -0.05) is 0 Å². The maximum atomic E-state index is 12.0. The number of nitrogens with zero attached hydrogens (tertiary/aromatic N) is 1. The number of carbonyl (C=O) groups excluding carboxylic acids is 2. The lowest BCUT2D eigenvalue weighted by atomic mass is 10.0. The molecule has 2 rings (SSSR count). The summed E-state index contributed by atoms with van der Waals surface area (Å²) in [6.07, 6.45) is 3.41. The van der Waals surface area contributed by atoms with Crippen molar-refractivity contribution in [1.82, 2.24) is 10.2 Å². The van der Waals surface area contributed by atoms with E-state index in [1.165, 1.54) is 6.42 Å². The van der Waals surface area contributed by atoms with E-state index < -0.39 is 0 Å². The van der Waals surface area contributed by atoms with E-state index in [4.69, 9.17) is 0 Å². The molecule has 0 spiro atoms. The largest absolute Gasteiger partial charge is 0.355 e. The molecule has 16 heavy (non-hydrogen) atoms. The lowest BCUT2D eigenvalue weighted by Gasteiger charge is -2.21. The third-order valence-corrected chi connectivity index (χ3v) is 3.72. The zero-order valence-corrected chi connectivity index (χ0v) is 10.0. The minimum absolute atomic E-state index is 0.0680. The summed E-state index contributed by atoms with van der Waals surface area (Å²) in [5.41, 5.74) is 0. The lowest BCUT2D eigenvalue weighted by Crippen LogP contribution is -2.40. The molecule has 0 aromatic rings. The van der Waals surface area contributed by atoms with Gasteiger partial charge in [-0.05, 0) is 38.0 Å². The van der Waals surface area contributed by atoms with E-state index in [2.05, 4.69) is 5.32 Å². The van der Waals surface area contributed by atoms with Gasteiger partial charge in [0.05, 0.1) is 6.54 Å². The van der Waals surface area contributed by atoms with E-state index in [0.717, 1.165) is 24.7 Å². The van der Waals surface area contributed by atoms with Crippen molar-refractivity contribution in [1.29, 1.82) is 0 Å². The number of nitrogens with one attached hydrogen (secondary N) is 1. The van der Waals surface area contributed by atoms with Crippen LogP contribution in [-0.4, -0.2) is 36.9 Å². The lowest BCUT2D eigenvalue weighted by molar-refractivity contribution is -0.138. The summed E-state index contributed by atoms with van der Waals surface area (Å²) < 4.78 is 0. The first kappa shape index (κ1) is 11.4. The molecule has 0 saturated heterocycles. The smallest absolute Gasteiger partial charge is 0.239 e. The van der Waals surface area contributed by atoms with Gasteiger partial charge in [-0.2, -0.15) is 0 Å². The van der Waals surface area contributed by atoms with Gasteiger partial charge in [-0.15, -0.1) is 0 Å². The Kier molecular flexibility index (Phi) is 3.17. The van der Waals surface area contributed by atoms with Gasteiger partial charge in [0.1, 0.15) is 0 Å². The van der Waals surface area contributed by atoms with Crippen molar-refractivity contribution in [3.05, 3.63) is 0 Å². The van der Waals surface area contributed by atoms with Crippen LogP contribution in [0.5, 0.6) is 0 Å². The highest BCUT2D eigenvalue weighted by Gasteiger charge is 2.48. The Bertz CT molecular complexity index is 293. The summed E-state index contributed by atoms with van der Waals surface area (Å²) in [5.74, 6) is 1.89. The van der Waals surface area contributed by atoms with Gasteiger partial charge >= 0.3 is 0 Å². The number of hydrogen-bond acceptors (Lipinski definition) is 2. The van der Waals surface area contributed by atoms with Crippen LogP contribution < -0.4 is 5.32 Å². The Balaban J connectivity index is 1.77. The summed E-state index contributed by atoms with van der Waals surface area (Å²) in [7, 11) is 1.72. The fourth-order valence-corrected chi connectivity index (χ4v) is 2.77. The highest BCUT2D eigenvalue weighted by Crippen LogP contribution is 2.54. The molecule has 4 heteroatoms. The van der Waals surface area contributed by atoms with E-state index in [1.54, 1.807) is 11.9 Å². The molecule has 0 aromatic heterocycles.